The lowest BCUT2D eigenvalue weighted by molar-refractivity contribution is 0.366. The summed E-state index contributed by atoms with van der Waals surface area (Å²) in [7, 11) is 3.58. The Hall–Kier alpha value is -1.89. The third-order valence-corrected chi connectivity index (χ3v) is 4.59. The predicted molar refractivity (Wildman–Crippen MR) is 87.3 cm³/mol. The van der Waals surface area contributed by atoms with E-state index in [0.29, 0.717) is 6.54 Å². The number of aromatic nitrogens is 5. The summed E-state index contributed by atoms with van der Waals surface area (Å²) in [6, 6.07) is 0.138. The molecule has 0 aromatic carbocycles. The Balaban J connectivity index is 1.73. The van der Waals surface area contributed by atoms with Crippen molar-refractivity contribution in [1.82, 2.24) is 29.9 Å². The molecule has 1 aliphatic rings. The first kappa shape index (κ1) is 16.0. The number of methoxy groups -OCH3 is 1. The Morgan fingerprint density at radius 3 is 2.87 bits per heavy atom. The lowest BCUT2D eigenvalue weighted by Gasteiger charge is -2.15. The van der Waals surface area contributed by atoms with Crippen molar-refractivity contribution in [3.8, 4) is 5.88 Å². The Morgan fingerprint density at radius 2 is 2.09 bits per heavy atom. The predicted octanol–water partition coefficient (Wildman–Crippen LogP) is 1.91. The van der Waals surface area contributed by atoms with Gasteiger partial charge in [0.1, 0.15) is 11.6 Å². The second-order valence-electron chi connectivity index (χ2n) is 6.24. The van der Waals surface area contributed by atoms with Crippen molar-refractivity contribution >= 4 is 0 Å². The highest BCUT2D eigenvalue weighted by molar-refractivity contribution is 5.30. The van der Waals surface area contributed by atoms with Crippen LogP contribution in [0, 0.1) is 6.92 Å². The van der Waals surface area contributed by atoms with E-state index in [2.05, 4.69) is 32.1 Å². The van der Waals surface area contributed by atoms with Crippen LogP contribution in [0.2, 0.25) is 0 Å². The Bertz CT molecular complexity index is 674. The van der Waals surface area contributed by atoms with Crippen molar-refractivity contribution in [3.63, 3.8) is 0 Å². The summed E-state index contributed by atoms with van der Waals surface area (Å²) in [6.45, 7) is 5.87. The van der Waals surface area contributed by atoms with Crippen molar-refractivity contribution in [2.45, 2.75) is 58.7 Å². The molecule has 2 aromatic heterocycles. The van der Waals surface area contributed by atoms with Crippen LogP contribution in [-0.2, 0) is 26.6 Å². The van der Waals surface area contributed by atoms with E-state index in [1.54, 1.807) is 11.8 Å². The van der Waals surface area contributed by atoms with E-state index in [0.717, 1.165) is 41.8 Å². The van der Waals surface area contributed by atoms with Gasteiger partial charge in [-0.1, -0.05) is 6.42 Å². The molecule has 1 atom stereocenters. The van der Waals surface area contributed by atoms with Crippen LogP contribution in [0.1, 0.15) is 55.1 Å². The van der Waals surface area contributed by atoms with Crippen LogP contribution in [0.5, 0.6) is 5.88 Å². The van der Waals surface area contributed by atoms with Crippen LogP contribution < -0.4 is 10.1 Å². The zero-order valence-corrected chi connectivity index (χ0v) is 14.5. The third kappa shape index (κ3) is 3.10. The van der Waals surface area contributed by atoms with Gasteiger partial charge in [0.05, 0.1) is 24.4 Å². The molecule has 0 unspecified atom stereocenters. The van der Waals surface area contributed by atoms with Crippen LogP contribution in [0.25, 0.3) is 0 Å². The van der Waals surface area contributed by atoms with E-state index in [9.17, 15) is 0 Å². The molecule has 23 heavy (non-hydrogen) atoms. The maximum absolute atomic E-state index is 5.45. The van der Waals surface area contributed by atoms with Gasteiger partial charge >= 0.3 is 0 Å². The summed E-state index contributed by atoms with van der Waals surface area (Å²) in [5, 5.41) is 16.8. The average molecular weight is 318 g/mol. The second kappa shape index (κ2) is 6.70. The molecule has 0 spiro atoms. The zero-order valence-electron chi connectivity index (χ0n) is 14.5. The Labute approximate surface area is 137 Å². The molecule has 0 saturated heterocycles. The molecule has 3 rings (SSSR count). The summed E-state index contributed by atoms with van der Waals surface area (Å²) in [5.41, 5.74) is 2.08. The number of ether oxygens (including phenoxy) is 1. The Morgan fingerprint density at radius 1 is 1.26 bits per heavy atom. The fraction of sp³-hybridized carbons (Fsp3) is 0.688. The van der Waals surface area contributed by atoms with Gasteiger partial charge in [-0.15, -0.1) is 10.2 Å². The van der Waals surface area contributed by atoms with Crippen LogP contribution in [0.15, 0.2) is 0 Å². The highest BCUT2D eigenvalue weighted by Gasteiger charge is 2.20. The van der Waals surface area contributed by atoms with Crippen LogP contribution in [0.4, 0.5) is 0 Å². The van der Waals surface area contributed by atoms with Gasteiger partial charge in [-0.25, -0.2) is 4.68 Å². The number of hydrogen-bond donors (Lipinski definition) is 1. The van der Waals surface area contributed by atoms with Crippen LogP contribution in [-0.4, -0.2) is 31.7 Å². The zero-order chi connectivity index (χ0) is 16.4. The second-order valence-corrected chi connectivity index (χ2v) is 6.24. The van der Waals surface area contributed by atoms with Gasteiger partial charge in [0, 0.05) is 26.6 Å². The fourth-order valence-corrected chi connectivity index (χ4v) is 3.31. The number of rotatable bonds is 5. The molecule has 3 heterocycles. The fourth-order valence-electron chi connectivity index (χ4n) is 3.31. The van der Waals surface area contributed by atoms with Gasteiger partial charge in [0.15, 0.2) is 0 Å². The van der Waals surface area contributed by atoms with E-state index in [4.69, 9.17) is 4.74 Å². The molecular formula is C16H26N6O. The van der Waals surface area contributed by atoms with Crippen molar-refractivity contribution in [1.29, 1.82) is 0 Å². The number of nitrogens with zero attached hydrogens (tertiary/aromatic N) is 5. The summed E-state index contributed by atoms with van der Waals surface area (Å²) in [5.74, 6) is 2.96. The van der Waals surface area contributed by atoms with E-state index in [1.807, 2.05) is 14.0 Å². The summed E-state index contributed by atoms with van der Waals surface area (Å²) >= 11 is 0. The normalized spacial score (nSPS) is 16.0. The van der Waals surface area contributed by atoms with Crippen molar-refractivity contribution in [2.75, 3.05) is 7.11 Å². The monoisotopic (exact) mass is 318 g/mol. The molecule has 126 valence electrons. The number of aryl methyl sites for hydroxylation is 3. The first-order valence-electron chi connectivity index (χ1n) is 8.33. The molecule has 7 nitrogen and oxygen atoms in total. The summed E-state index contributed by atoms with van der Waals surface area (Å²) < 4.78 is 9.52. The first-order valence-corrected chi connectivity index (χ1v) is 8.33. The van der Waals surface area contributed by atoms with Gasteiger partial charge in [0.25, 0.3) is 0 Å². The number of nitrogens with one attached hydrogen (secondary N) is 1. The molecule has 1 aliphatic heterocycles. The molecule has 0 aliphatic carbocycles. The molecule has 0 amide bonds. The molecule has 0 fully saturated rings. The van der Waals surface area contributed by atoms with E-state index < -0.39 is 0 Å². The summed E-state index contributed by atoms with van der Waals surface area (Å²) in [4.78, 5) is 0. The lowest BCUT2D eigenvalue weighted by Crippen LogP contribution is -2.22. The van der Waals surface area contributed by atoms with Gasteiger partial charge in [0.2, 0.25) is 5.88 Å². The minimum atomic E-state index is 0.138. The molecule has 0 bridgehead atoms. The molecule has 0 saturated carbocycles. The molecular weight excluding hydrogens is 292 g/mol. The first-order chi connectivity index (χ1) is 11.1. The van der Waals surface area contributed by atoms with Crippen molar-refractivity contribution in [3.05, 3.63) is 22.9 Å². The highest BCUT2D eigenvalue weighted by atomic mass is 16.5. The quantitative estimate of drug-likeness (QED) is 0.912. The molecule has 1 N–H and O–H groups in total. The Kier molecular flexibility index (Phi) is 4.66. The summed E-state index contributed by atoms with van der Waals surface area (Å²) in [6.07, 6.45) is 4.73. The topological polar surface area (TPSA) is 69.8 Å². The number of hydrogen-bond acceptors (Lipinski definition) is 5. The number of fused-ring (bicyclic) bond motifs is 1. The average Bonchev–Trinajstić information content (AvgIpc) is 2.95. The van der Waals surface area contributed by atoms with E-state index in [1.165, 1.54) is 19.3 Å². The minimum Gasteiger partial charge on any atom is -0.481 e. The smallest absolute Gasteiger partial charge is 0.216 e. The SMILES string of the molecule is COc1c(CN[C@H](C)c2nnc3n2CCCCC3)c(C)nn1C. The van der Waals surface area contributed by atoms with Gasteiger partial charge in [-0.3, -0.25) is 0 Å². The van der Waals surface area contributed by atoms with Crippen molar-refractivity contribution in [2.24, 2.45) is 7.05 Å². The van der Waals surface area contributed by atoms with Gasteiger partial charge in [-0.2, -0.15) is 5.10 Å². The maximum Gasteiger partial charge on any atom is 0.216 e. The lowest BCUT2D eigenvalue weighted by atomic mass is 10.2. The third-order valence-electron chi connectivity index (χ3n) is 4.59. The van der Waals surface area contributed by atoms with E-state index in [-0.39, 0.29) is 6.04 Å². The minimum absolute atomic E-state index is 0.138. The standard InChI is InChI=1S/C16H26N6O/c1-11-13(16(23-4)21(3)20-11)10-17-12(2)15-19-18-14-8-6-5-7-9-22(14)15/h12,17H,5-10H2,1-4H3/t12-/m1/s1. The van der Waals surface area contributed by atoms with Gasteiger partial charge < -0.3 is 14.6 Å². The highest BCUT2D eigenvalue weighted by Crippen LogP contribution is 2.23. The molecule has 2 aromatic rings. The van der Waals surface area contributed by atoms with E-state index >= 15 is 0 Å². The van der Waals surface area contributed by atoms with Gasteiger partial charge in [-0.05, 0) is 26.7 Å². The van der Waals surface area contributed by atoms with Crippen molar-refractivity contribution < 1.29 is 4.74 Å². The van der Waals surface area contributed by atoms with Crippen LogP contribution >= 0.6 is 0 Å². The van der Waals surface area contributed by atoms with Crippen LogP contribution in [0.3, 0.4) is 0 Å². The molecule has 7 heteroatoms. The largest absolute Gasteiger partial charge is 0.481 e. The molecule has 0 radical (unpaired) electrons. The maximum atomic E-state index is 5.45.